The number of H-pyrrole nitrogens is 1. The highest BCUT2D eigenvalue weighted by molar-refractivity contribution is 6.53. The first kappa shape index (κ1) is 22.6. The average Bonchev–Trinajstić information content (AvgIpc) is 3.27. The van der Waals surface area contributed by atoms with E-state index in [0.29, 0.717) is 6.42 Å². The van der Waals surface area contributed by atoms with Gasteiger partial charge >= 0.3 is 13.0 Å². The molecule has 4 heterocycles. The van der Waals surface area contributed by atoms with Crippen LogP contribution in [0.25, 0.3) is 10.9 Å². The van der Waals surface area contributed by atoms with E-state index in [1.807, 2.05) is 60.8 Å². The summed E-state index contributed by atoms with van der Waals surface area (Å²) in [5, 5.41) is 3.87. The Kier molecular flexibility index (Phi) is 6.12. The number of aromatic amines is 1. The molecule has 8 nitrogen and oxygen atoms in total. The van der Waals surface area contributed by atoms with Crippen molar-refractivity contribution in [2.24, 2.45) is 5.92 Å². The first-order valence-electron chi connectivity index (χ1n) is 11.2. The number of nitrogens with one attached hydrogen (secondary N) is 2. The Morgan fingerprint density at radius 1 is 1.06 bits per heavy atom. The standard InChI is InChI=1S/C24H25BFN2O6/c26-25-32-14-24(15-33-25,16-34-25)28-23(30)18(10-19-12-27-21-9-5-4-8-20(19)21)11-22(29)31-13-17-6-2-1-3-7-17/h1-9,12,18,27H,10-11,13-16H2,(H,28,30)/q-1/t18-,24?,25?/m1/s1. The smallest absolute Gasteiger partial charge is 0.513 e. The monoisotopic (exact) mass is 467 g/mol. The molecule has 3 fully saturated rings. The Hall–Kier alpha value is -3.21. The van der Waals surface area contributed by atoms with E-state index in [-0.39, 0.29) is 38.8 Å². The van der Waals surface area contributed by atoms with Crippen molar-refractivity contribution in [2.75, 3.05) is 19.8 Å². The SMILES string of the molecule is O=C(C[C@@H](Cc1c[nH]c2ccccc12)C(=O)NC12CO[B-](F)(OC1)OC2)OCc1ccccc1. The predicted molar refractivity (Wildman–Crippen MR) is 122 cm³/mol. The van der Waals surface area contributed by atoms with E-state index in [1.165, 1.54) is 0 Å². The molecule has 3 aromatic rings. The van der Waals surface area contributed by atoms with Crippen LogP contribution < -0.4 is 5.32 Å². The number of hydrogen-bond acceptors (Lipinski definition) is 6. The van der Waals surface area contributed by atoms with E-state index in [1.54, 1.807) is 0 Å². The van der Waals surface area contributed by atoms with Gasteiger partial charge in [-0.15, -0.1) is 0 Å². The lowest BCUT2D eigenvalue weighted by Crippen LogP contribution is -2.72. The number of benzene rings is 2. The number of carbonyl (C=O) groups is 2. The third kappa shape index (κ3) is 4.84. The Balaban J connectivity index is 1.31. The van der Waals surface area contributed by atoms with Gasteiger partial charge in [0, 0.05) is 36.9 Å². The van der Waals surface area contributed by atoms with Gasteiger partial charge in [0.05, 0.1) is 17.9 Å². The molecule has 1 aromatic heterocycles. The van der Waals surface area contributed by atoms with Gasteiger partial charge in [-0.3, -0.25) is 9.59 Å². The molecule has 178 valence electrons. The van der Waals surface area contributed by atoms with Crippen molar-refractivity contribution in [3.8, 4) is 0 Å². The second-order valence-electron chi connectivity index (χ2n) is 8.87. The van der Waals surface area contributed by atoms with Gasteiger partial charge in [-0.1, -0.05) is 48.5 Å². The summed E-state index contributed by atoms with van der Waals surface area (Å²) >= 11 is 0. The highest BCUT2D eigenvalue weighted by Gasteiger charge is 2.50. The topological polar surface area (TPSA) is 98.9 Å². The first-order valence-corrected chi connectivity index (χ1v) is 11.2. The van der Waals surface area contributed by atoms with Crippen LogP contribution in [0.15, 0.2) is 60.8 Å². The Labute approximate surface area is 195 Å². The summed E-state index contributed by atoms with van der Waals surface area (Å²) in [5.41, 5.74) is 1.71. The van der Waals surface area contributed by atoms with Crippen LogP contribution in [0.2, 0.25) is 0 Å². The van der Waals surface area contributed by atoms with Crippen molar-refractivity contribution in [2.45, 2.75) is 25.0 Å². The van der Waals surface area contributed by atoms with Crippen LogP contribution in [0.5, 0.6) is 0 Å². The molecule has 2 N–H and O–H groups in total. The second kappa shape index (κ2) is 9.21. The van der Waals surface area contributed by atoms with Gasteiger partial charge in [-0.25, -0.2) is 0 Å². The number of fused-ring (bicyclic) bond motifs is 4. The van der Waals surface area contributed by atoms with E-state index in [9.17, 15) is 13.9 Å². The van der Waals surface area contributed by atoms with Crippen molar-refractivity contribution in [1.29, 1.82) is 0 Å². The fourth-order valence-corrected chi connectivity index (χ4v) is 4.34. The molecule has 3 saturated heterocycles. The zero-order valence-electron chi connectivity index (χ0n) is 18.5. The van der Waals surface area contributed by atoms with Crippen molar-refractivity contribution in [3.05, 3.63) is 71.9 Å². The number of aromatic nitrogens is 1. The van der Waals surface area contributed by atoms with Gasteiger partial charge in [0.25, 0.3) is 0 Å². The number of halogens is 1. The van der Waals surface area contributed by atoms with Crippen LogP contribution in [-0.2, 0) is 41.3 Å². The molecule has 0 spiro atoms. The van der Waals surface area contributed by atoms with Gasteiger partial charge in [0.2, 0.25) is 5.91 Å². The molecule has 3 aliphatic rings. The van der Waals surface area contributed by atoms with Gasteiger partial charge in [-0.05, 0) is 23.6 Å². The summed E-state index contributed by atoms with van der Waals surface area (Å²) in [6.45, 7) is -0.0598. The highest BCUT2D eigenvalue weighted by Crippen LogP contribution is 2.31. The third-order valence-electron chi connectivity index (χ3n) is 6.23. The van der Waals surface area contributed by atoms with Crippen LogP contribution in [0.3, 0.4) is 0 Å². The van der Waals surface area contributed by atoms with Crippen LogP contribution in [-0.4, -0.2) is 49.3 Å². The van der Waals surface area contributed by atoms with E-state index in [0.717, 1.165) is 22.0 Å². The molecule has 34 heavy (non-hydrogen) atoms. The Morgan fingerprint density at radius 2 is 1.74 bits per heavy atom. The van der Waals surface area contributed by atoms with Crippen molar-refractivity contribution >= 4 is 29.8 Å². The van der Waals surface area contributed by atoms with Crippen LogP contribution >= 0.6 is 0 Å². The normalized spacial score (nSPS) is 24.6. The molecule has 1 atom stereocenters. The zero-order chi connectivity index (χ0) is 23.6. The van der Waals surface area contributed by atoms with Gasteiger partial charge in [0.1, 0.15) is 6.61 Å². The summed E-state index contributed by atoms with van der Waals surface area (Å²) in [7, 11) is -3.23. The fourth-order valence-electron chi connectivity index (χ4n) is 4.34. The maximum Gasteiger partial charge on any atom is 0.566 e. The Morgan fingerprint density at radius 3 is 2.47 bits per heavy atom. The lowest BCUT2D eigenvalue weighted by molar-refractivity contribution is -0.153. The van der Waals surface area contributed by atoms with Gasteiger partial charge < -0.3 is 33.3 Å². The minimum Gasteiger partial charge on any atom is -0.513 e. The molecule has 1 amide bonds. The second-order valence-corrected chi connectivity index (χ2v) is 8.87. The molecule has 3 aliphatic heterocycles. The van der Waals surface area contributed by atoms with Crippen molar-refractivity contribution in [1.82, 2.24) is 10.3 Å². The Bertz CT molecular complexity index is 1160. The summed E-state index contributed by atoms with van der Waals surface area (Å²) in [6, 6.07) is 17.1. The molecule has 0 aliphatic carbocycles. The molecule has 2 bridgehead atoms. The molecule has 6 rings (SSSR count). The molecular weight excluding hydrogens is 442 g/mol. The lowest BCUT2D eigenvalue weighted by Gasteiger charge is -2.54. The van der Waals surface area contributed by atoms with Gasteiger partial charge in [0.15, 0.2) is 0 Å². The van der Waals surface area contributed by atoms with Crippen molar-refractivity contribution < 1.29 is 32.6 Å². The summed E-state index contributed by atoms with van der Waals surface area (Å²) in [6.07, 6.45) is 2.04. The summed E-state index contributed by atoms with van der Waals surface area (Å²) in [5.74, 6) is -1.58. The first-order chi connectivity index (χ1) is 16.4. The van der Waals surface area contributed by atoms with E-state index in [2.05, 4.69) is 10.3 Å². The van der Waals surface area contributed by atoms with Crippen LogP contribution in [0.1, 0.15) is 17.5 Å². The fraction of sp³-hybridized carbons (Fsp3) is 0.333. The quantitative estimate of drug-likeness (QED) is 0.391. The minimum absolute atomic E-state index is 0.0620. The number of carbonyl (C=O) groups excluding carboxylic acids is 2. The maximum absolute atomic E-state index is 14.0. The zero-order valence-corrected chi connectivity index (χ0v) is 18.5. The number of hydrogen-bond donors (Lipinski definition) is 2. The number of amides is 1. The van der Waals surface area contributed by atoms with Gasteiger partial charge in [-0.2, -0.15) is 0 Å². The van der Waals surface area contributed by atoms with Crippen LogP contribution in [0.4, 0.5) is 4.32 Å². The molecule has 0 saturated carbocycles. The third-order valence-corrected chi connectivity index (χ3v) is 6.23. The largest absolute Gasteiger partial charge is 0.566 e. The molecule has 10 heteroatoms. The molecular formula is C24H25BFN2O6-. The predicted octanol–water partition coefficient (Wildman–Crippen LogP) is 2.80. The van der Waals surface area contributed by atoms with E-state index >= 15 is 0 Å². The highest BCUT2D eigenvalue weighted by atomic mass is 19.1. The maximum atomic E-state index is 14.0. The molecule has 0 unspecified atom stereocenters. The molecule has 2 aromatic carbocycles. The van der Waals surface area contributed by atoms with E-state index in [4.69, 9.17) is 18.7 Å². The van der Waals surface area contributed by atoms with E-state index < -0.39 is 24.5 Å². The lowest BCUT2D eigenvalue weighted by atomic mass is 9.89. The number of rotatable bonds is 8. The minimum atomic E-state index is -3.23. The number of esters is 1. The number of para-hydroxylation sites is 1. The summed E-state index contributed by atoms with van der Waals surface area (Å²) in [4.78, 5) is 29.2. The average molecular weight is 467 g/mol. The number of ether oxygens (including phenoxy) is 1. The summed E-state index contributed by atoms with van der Waals surface area (Å²) < 4.78 is 34.5. The molecule has 0 radical (unpaired) electrons. The van der Waals surface area contributed by atoms with Crippen LogP contribution in [0, 0.1) is 5.92 Å². The van der Waals surface area contributed by atoms with Crippen molar-refractivity contribution in [3.63, 3.8) is 0 Å².